The van der Waals surface area contributed by atoms with E-state index in [1.165, 1.54) is 0 Å². The van der Waals surface area contributed by atoms with Crippen LogP contribution in [-0.4, -0.2) is 35.9 Å². The second-order valence-corrected chi connectivity index (χ2v) is 7.35. The van der Waals surface area contributed by atoms with E-state index in [-0.39, 0.29) is 18.4 Å². The molecule has 3 rings (SSSR count). The van der Waals surface area contributed by atoms with Gasteiger partial charge in [0.2, 0.25) is 5.91 Å². The van der Waals surface area contributed by atoms with Gasteiger partial charge in [0.1, 0.15) is 11.8 Å². The van der Waals surface area contributed by atoms with Crippen molar-refractivity contribution in [1.82, 2.24) is 10.2 Å². The standard InChI is InChI=1S/C25H28N2O3/c1-4-26-25(29)19(3)27(16-20-10-7-9-18(2)15-20)24(28)17-30-23-14-8-12-21-11-5-6-13-22(21)23/h5-15,19H,4,16-17H2,1-3H3,(H,26,29)/t19-/m0/s1. The normalized spacial score (nSPS) is 11.7. The Balaban J connectivity index is 1.79. The van der Waals surface area contributed by atoms with Crippen LogP contribution in [0.3, 0.4) is 0 Å². The highest BCUT2D eigenvalue weighted by Crippen LogP contribution is 2.25. The van der Waals surface area contributed by atoms with Crippen molar-refractivity contribution in [2.75, 3.05) is 13.2 Å². The van der Waals surface area contributed by atoms with Crippen molar-refractivity contribution in [3.05, 3.63) is 77.9 Å². The number of carbonyl (C=O) groups is 2. The van der Waals surface area contributed by atoms with Crippen LogP contribution in [-0.2, 0) is 16.1 Å². The molecule has 156 valence electrons. The number of aryl methyl sites for hydroxylation is 1. The average Bonchev–Trinajstić information content (AvgIpc) is 2.75. The maximum Gasteiger partial charge on any atom is 0.261 e. The molecule has 0 spiro atoms. The number of nitrogens with one attached hydrogen (secondary N) is 1. The molecule has 0 fully saturated rings. The Hall–Kier alpha value is -3.34. The topological polar surface area (TPSA) is 58.6 Å². The molecule has 3 aromatic carbocycles. The molecule has 0 bridgehead atoms. The van der Waals surface area contributed by atoms with E-state index < -0.39 is 6.04 Å². The average molecular weight is 405 g/mol. The summed E-state index contributed by atoms with van der Waals surface area (Å²) in [5.41, 5.74) is 2.09. The van der Waals surface area contributed by atoms with Gasteiger partial charge in [-0.1, -0.05) is 66.2 Å². The van der Waals surface area contributed by atoms with Gasteiger partial charge in [-0.25, -0.2) is 0 Å². The van der Waals surface area contributed by atoms with Gasteiger partial charge in [-0.2, -0.15) is 0 Å². The van der Waals surface area contributed by atoms with E-state index in [4.69, 9.17) is 4.74 Å². The molecule has 0 saturated carbocycles. The predicted molar refractivity (Wildman–Crippen MR) is 119 cm³/mol. The van der Waals surface area contributed by atoms with Crippen LogP contribution in [0, 0.1) is 6.92 Å². The van der Waals surface area contributed by atoms with Crippen molar-refractivity contribution in [2.24, 2.45) is 0 Å². The first-order valence-corrected chi connectivity index (χ1v) is 10.2. The number of ether oxygens (including phenoxy) is 1. The van der Waals surface area contributed by atoms with Crippen LogP contribution in [0.15, 0.2) is 66.7 Å². The lowest BCUT2D eigenvalue weighted by molar-refractivity contribution is -0.142. The Kier molecular flexibility index (Phi) is 7.07. The van der Waals surface area contributed by atoms with Crippen molar-refractivity contribution in [3.8, 4) is 5.75 Å². The molecule has 0 unspecified atom stereocenters. The molecule has 0 radical (unpaired) electrons. The molecule has 2 amide bonds. The summed E-state index contributed by atoms with van der Waals surface area (Å²) >= 11 is 0. The number of hydrogen-bond donors (Lipinski definition) is 1. The van der Waals surface area contributed by atoms with Crippen molar-refractivity contribution in [1.29, 1.82) is 0 Å². The third-order valence-corrected chi connectivity index (χ3v) is 5.05. The second-order valence-electron chi connectivity index (χ2n) is 7.35. The molecule has 30 heavy (non-hydrogen) atoms. The van der Waals surface area contributed by atoms with E-state index in [9.17, 15) is 9.59 Å². The van der Waals surface area contributed by atoms with Gasteiger partial charge in [-0.15, -0.1) is 0 Å². The van der Waals surface area contributed by atoms with Crippen molar-refractivity contribution in [2.45, 2.75) is 33.4 Å². The molecule has 5 nitrogen and oxygen atoms in total. The summed E-state index contributed by atoms with van der Waals surface area (Å²) in [5, 5.41) is 4.81. The van der Waals surface area contributed by atoms with Crippen molar-refractivity contribution in [3.63, 3.8) is 0 Å². The predicted octanol–water partition coefficient (Wildman–Crippen LogP) is 4.08. The molecule has 0 saturated heterocycles. The molecule has 0 aliphatic carbocycles. The summed E-state index contributed by atoms with van der Waals surface area (Å²) in [5.74, 6) is 0.245. The second kappa shape index (κ2) is 9.92. The third-order valence-electron chi connectivity index (χ3n) is 5.05. The fourth-order valence-corrected chi connectivity index (χ4v) is 3.46. The van der Waals surface area contributed by atoms with Gasteiger partial charge in [-0.3, -0.25) is 9.59 Å². The molecule has 0 aliphatic heterocycles. The summed E-state index contributed by atoms with van der Waals surface area (Å²) in [4.78, 5) is 27.1. The lowest BCUT2D eigenvalue weighted by atomic mass is 10.1. The number of likely N-dealkylation sites (N-methyl/N-ethyl adjacent to an activating group) is 1. The zero-order valence-electron chi connectivity index (χ0n) is 17.7. The maximum atomic E-state index is 13.1. The van der Waals surface area contributed by atoms with Crippen LogP contribution in [0.25, 0.3) is 10.8 Å². The molecule has 0 aromatic heterocycles. The minimum absolute atomic E-state index is 0.135. The fourth-order valence-electron chi connectivity index (χ4n) is 3.46. The minimum Gasteiger partial charge on any atom is -0.483 e. The highest BCUT2D eigenvalue weighted by Gasteiger charge is 2.26. The highest BCUT2D eigenvalue weighted by molar-refractivity contribution is 5.90. The Morgan fingerprint density at radius 2 is 1.77 bits per heavy atom. The molecule has 1 N–H and O–H groups in total. The molecule has 0 aliphatic rings. The first-order chi connectivity index (χ1) is 14.5. The van der Waals surface area contributed by atoms with Gasteiger partial charge in [0.25, 0.3) is 5.91 Å². The van der Waals surface area contributed by atoms with E-state index in [2.05, 4.69) is 5.32 Å². The van der Waals surface area contributed by atoms with Crippen LogP contribution in [0.4, 0.5) is 0 Å². The van der Waals surface area contributed by atoms with Crippen LogP contribution in [0.5, 0.6) is 5.75 Å². The molecule has 0 heterocycles. The largest absolute Gasteiger partial charge is 0.483 e. The van der Waals surface area contributed by atoms with Crippen molar-refractivity contribution < 1.29 is 14.3 Å². The van der Waals surface area contributed by atoms with Crippen molar-refractivity contribution >= 4 is 22.6 Å². The monoisotopic (exact) mass is 404 g/mol. The number of benzene rings is 3. The van der Waals surface area contributed by atoms with Gasteiger partial charge in [-0.05, 0) is 37.8 Å². The van der Waals surface area contributed by atoms with Gasteiger partial charge in [0.15, 0.2) is 6.61 Å². The molecular weight excluding hydrogens is 376 g/mol. The van der Waals surface area contributed by atoms with Gasteiger partial charge >= 0.3 is 0 Å². The van der Waals surface area contributed by atoms with Gasteiger partial charge in [0, 0.05) is 18.5 Å². The molecular formula is C25H28N2O3. The van der Waals surface area contributed by atoms with Crippen LogP contribution >= 0.6 is 0 Å². The van der Waals surface area contributed by atoms with E-state index in [0.29, 0.717) is 18.8 Å². The molecule has 5 heteroatoms. The Bertz CT molecular complexity index is 1030. The van der Waals surface area contributed by atoms with Gasteiger partial charge in [0.05, 0.1) is 0 Å². The SMILES string of the molecule is CCNC(=O)[C@H](C)N(Cc1cccc(C)c1)C(=O)COc1cccc2ccccc12. The lowest BCUT2D eigenvalue weighted by Gasteiger charge is -2.28. The first-order valence-electron chi connectivity index (χ1n) is 10.2. The molecule has 1 atom stereocenters. The zero-order chi connectivity index (χ0) is 21.5. The third kappa shape index (κ3) is 5.17. The number of rotatable bonds is 8. The zero-order valence-corrected chi connectivity index (χ0v) is 17.7. The Labute approximate surface area is 177 Å². The summed E-state index contributed by atoms with van der Waals surface area (Å²) in [6.45, 7) is 6.34. The fraction of sp³-hybridized carbons (Fsp3) is 0.280. The van der Waals surface area contributed by atoms with E-state index in [0.717, 1.165) is 21.9 Å². The van der Waals surface area contributed by atoms with E-state index in [1.807, 2.05) is 80.6 Å². The summed E-state index contributed by atoms with van der Waals surface area (Å²) in [6, 6.07) is 21.0. The van der Waals surface area contributed by atoms with E-state index >= 15 is 0 Å². The van der Waals surface area contributed by atoms with Gasteiger partial charge < -0.3 is 15.0 Å². The van der Waals surface area contributed by atoms with Crippen LogP contribution in [0.2, 0.25) is 0 Å². The number of amides is 2. The van der Waals surface area contributed by atoms with Crippen LogP contribution in [0.1, 0.15) is 25.0 Å². The van der Waals surface area contributed by atoms with Crippen LogP contribution < -0.4 is 10.1 Å². The lowest BCUT2D eigenvalue weighted by Crippen LogP contribution is -2.49. The summed E-state index contributed by atoms with van der Waals surface area (Å²) < 4.78 is 5.89. The molecule has 3 aromatic rings. The maximum absolute atomic E-state index is 13.1. The smallest absolute Gasteiger partial charge is 0.261 e. The highest BCUT2D eigenvalue weighted by atomic mass is 16.5. The number of carbonyl (C=O) groups excluding carboxylic acids is 2. The number of nitrogens with zero attached hydrogens (tertiary/aromatic N) is 1. The first kappa shape index (κ1) is 21.4. The minimum atomic E-state index is -0.603. The summed E-state index contributed by atoms with van der Waals surface area (Å²) in [7, 11) is 0. The number of fused-ring (bicyclic) bond motifs is 1. The Morgan fingerprint density at radius 3 is 2.53 bits per heavy atom. The quantitative estimate of drug-likeness (QED) is 0.615. The summed E-state index contributed by atoms with van der Waals surface area (Å²) in [6.07, 6.45) is 0. The number of hydrogen-bond acceptors (Lipinski definition) is 3. The van der Waals surface area contributed by atoms with E-state index in [1.54, 1.807) is 11.8 Å². The Morgan fingerprint density at radius 1 is 1.03 bits per heavy atom.